The van der Waals surface area contributed by atoms with Crippen LogP contribution in [0, 0.1) is 23.6 Å². The lowest BCUT2D eigenvalue weighted by Gasteiger charge is -1.91. The highest BCUT2D eigenvalue weighted by Crippen LogP contribution is 2.03. The number of aliphatic hydroxyl groups excluding tert-OH is 1. The van der Waals surface area contributed by atoms with E-state index in [4.69, 9.17) is 5.11 Å². The highest BCUT2D eigenvalue weighted by molar-refractivity contribution is 5.31. The maximum atomic E-state index is 12.5. The minimum Gasteiger partial charge on any atom is -0.395 e. The molecule has 0 unspecified atom stereocenters. The van der Waals surface area contributed by atoms with E-state index >= 15 is 0 Å². The molecular formula is C9H7F2NO. The zero-order valence-electron chi connectivity index (χ0n) is 6.72. The van der Waals surface area contributed by atoms with Crippen LogP contribution in [-0.2, 0) is 0 Å². The summed E-state index contributed by atoms with van der Waals surface area (Å²) in [5, 5.41) is 8.39. The van der Waals surface area contributed by atoms with Crippen LogP contribution in [0.1, 0.15) is 12.0 Å². The molecule has 0 atom stereocenters. The van der Waals surface area contributed by atoms with Gasteiger partial charge in [0.05, 0.1) is 6.61 Å². The van der Waals surface area contributed by atoms with Crippen LogP contribution in [0.2, 0.25) is 0 Å². The van der Waals surface area contributed by atoms with Crippen LogP contribution in [0.3, 0.4) is 0 Å². The standard InChI is InChI=1S/C9H7F2NO/c10-8-5-7(3-1-2-4-13)6-12-9(8)11/h5-6,13H,2,4H2. The summed E-state index contributed by atoms with van der Waals surface area (Å²) in [6.07, 6.45) is 1.45. The minimum absolute atomic E-state index is 0.0515. The zero-order chi connectivity index (χ0) is 9.68. The second-order valence-corrected chi connectivity index (χ2v) is 2.27. The number of aromatic nitrogens is 1. The Labute approximate surface area is 74.2 Å². The van der Waals surface area contributed by atoms with E-state index in [1.54, 1.807) is 0 Å². The molecule has 13 heavy (non-hydrogen) atoms. The molecule has 0 aliphatic carbocycles. The highest BCUT2D eigenvalue weighted by Gasteiger charge is 2.01. The Morgan fingerprint density at radius 1 is 1.46 bits per heavy atom. The van der Waals surface area contributed by atoms with Gasteiger partial charge in [-0.1, -0.05) is 11.8 Å². The molecule has 1 aromatic heterocycles. The number of nitrogens with zero attached hydrogens (tertiary/aromatic N) is 1. The predicted molar refractivity (Wildman–Crippen MR) is 42.7 cm³/mol. The van der Waals surface area contributed by atoms with Crippen molar-refractivity contribution in [2.75, 3.05) is 6.61 Å². The van der Waals surface area contributed by atoms with Gasteiger partial charge in [-0.2, -0.15) is 4.39 Å². The van der Waals surface area contributed by atoms with Gasteiger partial charge in [0.15, 0.2) is 5.82 Å². The van der Waals surface area contributed by atoms with Crippen molar-refractivity contribution in [3.63, 3.8) is 0 Å². The Kier molecular flexibility index (Phi) is 3.35. The largest absolute Gasteiger partial charge is 0.395 e. The molecule has 0 saturated heterocycles. The van der Waals surface area contributed by atoms with Gasteiger partial charge in [0, 0.05) is 18.2 Å². The third-order valence-electron chi connectivity index (χ3n) is 1.27. The third-order valence-corrected chi connectivity index (χ3v) is 1.27. The molecule has 0 saturated carbocycles. The van der Waals surface area contributed by atoms with Crippen LogP contribution >= 0.6 is 0 Å². The van der Waals surface area contributed by atoms with Crippen molar-refractivity contribution in [2.45, 2.75) is 6.42 Å². The fraction of sp³-hybridized carbons (Fsp3) is 0.222. The van der Waals surface area contributed by atoms with E-state index in [0.717, 1.165) is 12.3 Å². The summed E-state index contributed by atoms with van der Waals surface area (Å²) < 4.78 is 24.8. The first-order valence-electron chi connectivity index (χ1n) is 3.65. The Bertz CT molecular complexity index is 354. The second-order valence-electron chi connectivity index (χ2n) is 2.27. The molecule has 0 amide bonds. The van der Waals surface area contributed by atoms with Gasteiger partial charge in [0.25, 0.3) is 0 Å². The topological polar surface area (TPSA) is 33.1 Å². The zero-order valence-corrected chi connectivity index (χ0v) is 6.72. The molecular weight excluding hydrogens is 176 g/mol. The molecule has 1 rings (SSSR count). The number of hydrogen-bond acceptors (Lipinski definition) is 2. The van der Waals surface area contributed by atoms with Gasteiger partial charge in [-0.25, -0.2) is 9.37 Å². The van der Waals surface area contributed by atoms with Crippen LogP contribution in [0.25, 0.3) is 0 Å². The Morgan fingerprint density at radius 2 is 2.23 bits per heavy atom. The molecule has 1 N–H and O–H groups in total. The predicted octanol–water partition coefficient (Wildman–Crippen LogP) is 1.09. The maximum Gasteiger partial charge on any atom is 0.248 e. The lowest BCUT2D eigenvalue weighted by atomic mass is 10.3. The van der Waals surface area contributed by atoms with Crippen LogP contribution in [0.4, 0.5) is 8.78 Å². The molecule has 4 heteroatoms. The van der Waals surface area contributed by atoms with E-state index in [0.29, 0.717) is 12.0 Å². The van der Waals surface area contributed by atoms with E-state index in [9.17, 15) is 8.78 Å². The van der Waals surface area contributed by atoms with Gasteiger partial charge in [-0.15, -0.1) is 0 Å². The van der Waals surface area contributed by atoms with Crippen molar-refractivity contribution in [3.05, 3.63) is 29.6 Å². The monoisotopic (exact) mass is 183 g/mol. The average molecular weight is 183 g/mol. The maximum absolute atomic E-state index is 12.5. The van der Waals surface area contributed by atoms with E-state index in [1.807, 2.05) is 0 Å². The fourth-order valence-corrected chi connectivity index (χ4v) is 0.710. The molecule has 2 nitrogen and oxygen atoms in total. The smallest absolute Gasteiger partial charge is 0.248 e. The van der Waals surface area contributed by atoms with Crippen molar-refractivity contribution in [3.8, 4) is 11.8 Å². The van der Waals surface area contributed by atoms with Crippen LogP contribution in [-0.4, -0.2) is 16.7 Å². The van der Waals surface area contributed by atoms with Crippen molar-refractivity contribution in [1.29, 1.82) is 0 Å². The second kappa shape index (κ2) is 4.53. The van der Waals surface area contributed by atoms with E-state index in [-0.39, 0.29) is 6.61 Å². The molecule has 0 aromatic carbocycles. The minimum atomic E-state index is -1.13. The van der Waals surface area contributed by atoms with Crippen molar-refractivity contribution in [1.82, 2.24) is 4.98 Å². The first kappa shape index (κ1) is 9.62. The van der Waals surface area contributed by atoms with E-state index in [2.05, 4.69) is 16.8 Å². The van der Waals surface area contributed by atoms with Crippen LogP contribution < -0.4 is 0 Å². The number of hydrogen-bond donors (Lipinski definition) is 1. The summed E-state index contributed by atoms with van der Waals surface area (Å²) in [7, 11) is 0. The molecule has 0 radical (unpaired) electrons. The highest BCUT2D eigenvalue weighted by atomic mass is 19.2. The molecule has 0 bridgehead atoms. The quantitative estimate of drug-likeness (QED) is 0.522. The first-order chi connectivity index (χ1) is 6.24. The molecule has 1 aromatic rings. The lowest BCUT2D eigenvalue weighted by Crippen LogP contribution is -1.90. The Morgan fingerprint density at radius 3 is 2.85 bits per heavy atom. The molecule has 0 spiro atoms. The van der Waals surface area contributed by atoms with Gasteiger partial charge in [0.2, 0.25) is 5.95 Å². The fourth-order valence-electron chi connectivity index (χ4n) is 0.710. The number of aliphatic hydroxyl groups is 1. The molecule has 1 heterocycles. The average Bonchev–Trinajstić information content (AvgIpc) is 2.12. The first-order valence-corrected chi connectivity index (χ1v) is 3.65. The normalized spacial score (nSPS) is 9.15. The van der Waals surface area contributed by atoms with Crippen LogP contribution in [0.15, 0.2) is 12.3 Å². The number of pyridine rings is 1. The molecule has 68 valence electrons. The summed E-state index contributed by atoms with van der Waals surface area (Å²) in [5.74, 6) is 2.95. The van der Waals surface area contributed by atoms with Crippen molar-refractivity contribution >= 4 is 0 Å². The van der Waals surface area contributed by atoms with E-state index in [1.165, 1.54) is 0 Å². The number of halogens is 2. The SMILES string of the molecule is OCCC#Cc1cnc(F)c(F)c1. The molecule has 0 fully saturated rings. The van der Waals surface area contributed by atoms with Crippen molar-refractivity contribution < 1.29 is 13.9 Å². The Balaban J connectivity index is 2.81. The van der Waals surface area contributed by atoms with Crippen LogP contribution in [0.5, 0.6) is 0 Å². The van der Waals surface area contributed by atoms with Crippen molar-refractivity contribution in [2.24, 2.45) is 0 Å². The summed E-state index contributed by atoms with van der Waals surface area (Å²) in [5.41, 5.74) is 0.298. The third kappa shape index (κ3) is 2.80. The van der Waals surface area contributed by atoms with Gasteiger partial charge < -0.3 is 5.11 Å². The summed E-state index contributed by atoms with van der Waals surface area (Å²) >= 11 is 0. The lowest BCUT2D eigenvalue weighted by molar-refractivity contribution is 0.305. The van der Waals surface area contributed by atoms with Gasteiger partial charge in [0.1, 0.15) is 0 Å². The summed E-state index contributed by atoms with van der Waals surface area (Å²) in [6.45, 7) is -0.0515. The van der Waals surface area contributed by atoms with Gasteiger partial charge >= 0.3 is 0 Å². The van der Waals surface area contributed by atoms with E-state index < -0.39 is 11.8 Å². The Hall–Kier alpha value is -1.47. The molecule has 0 aliphatic heterocycles. The summed E-state index contributed by atoms with van der Waals surface area (Å²) in [4.78, 5) is 3.15. The van der Waals surface area contributed by atoms with Gasteiger partial charge in [-0.3, -0.25) is 0 Å². The summed E-state index contributed by atoms with van der Waals surface area (Å²) in [6, 6.07) is 0.965. The molecule has 0 aliphatic rings. The van der Waals surface area contributed by atoms with Gasteiger partial charge in [-0.05, 0) is 6.07 Å². The number of rotatable bonds is 1.